The molecule has 2 saturated heterocycles. The SMILES string of the molecule is CC1CCCCN1C(=O)CN1CCN(C)CC1CN. The van der Waals surface area contributed by atoms with Crippen LogP contribution in [0.4, 0.5) is 0 Å². The van der Waals surface area contributed by atoms with Gasteiger partial charge in [0.05, 0.1) is 6.54 Å². The Kier molecular flexibility index (Phi) is 5.19. The van der Waals surface area contributed by atoms with Gasteiger partial charge < -0.3 is 15.5 Å². The summed E-state index contributed by atoms with van der Waals surface area (Å²) in [7, 11) is 2.12. The van der Waals surface area contributed by atoms with E-state index >= 15 is 0 Å². The monoisotopic (exact) mass is 268 g/mol. The van der Waals surface area contributed by atoms with Crippen molar-refractivity contribution in [2.24, 2.45) is 5.73 Å². The van der Waals surface area contributed by atoms with E-state index in [9.17, 15) is 4.79 Å². The van der Waals surface area contributed by atoms with Crippen molar-refractivity contribution in [3.8, 4) is 0 Å². The summed E-state index contributed by atoms with van der Waals surface area (Å²) in [5, 5.41) is 0. The van der Waals surface area contributed by atoms with Crippen LogP contribution in [0.15, 0.2) is 0 Å². The largest absolute Gasteiger partial charge is 0.339 e. The lowest BCUT2D eigenvalue weighted by atomic mass is 10.0. The summed E-state index contributed by atoms with van der Waals surface area (Å²) in [6.07, 6.45) is 3.55. The van der Waals surface area contributed by atoms with Crippen LogP contribution in [0.5, 0.6) is 0 Å². The van der Waals surface area contributed by atoms with Gasteiger partial charge in [-0.05, 0) is 33.2 Å². The molecule has 2 heterocycles. The number of piperazine rings is 1. The predicted molar refractivity (Wildman–Crippen MR) is 76.9 cm³/mol. The number of likely N-dealkylation sites (N-methyl/N-ethyl adjacent to an activating group) is 1. The van der Waals surface area contributed by atoms with Crippen LogP contribution >= 0.6 is 0 Å². The molecule has 2 N–H and O–H groups in total. The molecule has 110 valence electrons. The second kappa shape index (κ2) is 6.68. The van der Waals surface area contributed by atoms with Gasteiger partial charge in [0.15, 0.2) is 0 Å². The maximum atomic E-state index is 12.4. The molecule has 5 heteroatoms. The van der Waals surface area contributed by atoms with Crippen molar-refractivity contribution in [2.75, 3.05) is 46.3 Å². The molecule has 2 aliphatic rings. The molecule has 0 aliphatic carbocycles. The van der Waals surface area contributed by atoms with Crippen molar-refractivity contribution in [3.05, 3.63) is 0 Å². The van der Waals surface area contributed by atoms with E-state index in [4.69, 9.17) is 5.73 Å². The highest BCUT2D eigenvalue weighted by atomic mass is 16.2. The molecule has 0 aromatic carbocycles. The van der Waals surface area contributed by atoms with Gasteiger partial charge in [-0.3, -0.25) is 9.69 Å². The van der Waals surface area contributed by atoms with Gasteiger partial charge in [0, 0.05) is 44.8 Å². The normalized spacial score (nSPS) is 30.6. The number of nitrogens with two attached hydrogens (primary N) is 1. The number of carbonyl (C=O) groups is 1. The number of carbonyl (C=O) groups excluding carboxylic acids is 1. The van der Waals surface area contributed by atoms with E-state index in [2.05, 4.69) is 28.7 Å². The average Bonchev–Trinajstić information content (AvgIpc) is 2.41. The summed E-state index contributed by atoms with van der Waals surface area (Å²) in [5.74, 6) is 0.287. The van der Waals surface area contributed by atoms with Crippen molar-refractivity contribution in [1.29, 1.82) is 0 Å². The molecule has 2 aliphatic heterocycles. The fraction of sp³-hybridized carbons (Fsp3) is 0.929. The molecule has 2 atom stereocenters. The third-order valence-electron chi connectivity index (χ3n) is 4.54. The van der Waals surface area contributed by atoms with E-state index in [-0.39, 0.29) is 5.91 Å². The molecule has 2 unspecified atom stereocenters. The first-order valence-electron chi connectivity index (χ1n) is 7.54. The first kappa shape index (κ1) is 14.8. The highest BCUT2D eigenvalue weighted by molar-refractivity contribution is 5.78. The smallest absolute Gasteiger partial charge is 0.236 e. The van der Waals surface area contributed by atoms with E-state index in [0.717, 1.165) is 39.0 Å². The maximum Gasteiger partial charge on any atom is 0.236 e. The minimum absolute atomic E-state index is 0.287. The van der Waals surface area contributed by atoms with Crippen molar-refractivity contribution in [2.45, 2.75) is 38.3 Å². The highest BCUT2D eigenvalue weighted by Gasteiger charge is 2.29. The lowest BCUT2D eigenvalue weighted by Crippen LogP contribution is -2.58. The third kappa shape index (κ3) is 3.68. The van der Waals surface area contributed by atoms with Crippen LogP contribution in [0.25, 0.3) is 0 Å². The Bertz CT molecular complexity index is 310. The first-order chi connectivity index (χ1) is 9.11. The zero-order valence-corrected chi connectivity index (χ0v) is 12.3. The van der Waals surface area contributed by atoms with Crippen molar-refractivity contribution >= 4 is 5.91 Å². The van der Waals surface area contributed by atoms with E-state index in [1.165, 1.54) is 6.42 Å². The minimum atomic E-state index is 0.287. The van der Waals surface area contributed by atoms with Gasteiger partial charge in [0.25, 0.3) is 0 Å². The van der Waals surface area contributed by atoms with Crippen molar-refractivity contribution in [3.63, 3.8) is 0 Å². The molecular formula is C14H28N4O. The average molecular weight is 268 g/mol. The Balaban J connectivity index is 1.90. The number of nitrogens with zero attached hydrogens (tertiary/aromatic N) is 3. The zero-order chi connectivity index (χ0) is 13.8. The van der Waals surface area contributed by atoms with Gasteiger partial charge in [0.1, 0.15) is 0 Å². The number of rotatable bonds is 3. The van der Waals surface area contributed by atoms with E-state index in [0.29, 0.717) is 25.2 Å². The Morgan fingerprint density at radius 2 is 2.05 bits per heavy atom. The number of hydrogen-bond acceptors (Lipinski definition) is 4. The van der Waals surface area contributed by atoms with Crippen LogP contribution in [-0.4, -0.2) is 79.0 Å². The molecule has 0 spiro atoms. The van der Waals surface area contributed by atoms with Gasteiger partial charge >= 0.3 is 0 Å². The Morgan fingerprint density at radius 3 is 2.74 bits per heavy atom. The standard InChI is InChI=1S/C14H28N4O/c1-12-5-3-4-6-18(12)14(19)11-17-8-7-16(2)10-13(17)9-15/h12-13H,3-11,15H2,1-2H3. The van der Waals surface area contributed by atoms with Crippen LogP contribution in [-0.2, 0) is 4.79 Å². The summed E-state index contributed by atoms with van der Waals surface area (Å²) in [6.45, 7) is 7.22. The van der Waals surface area contributed by atoms with Crippen molar-refractivity contribution in [1.82, 2.24) is 14.7 Å². The molecule has 2 rings (SSSR count). The molecule has 0 radical (unpaired) electrons. The Labute approximate surface area is 116 Å². The minimum Gasteiger partial charge on any atom is -0.339 e. The summed E-state index contributed by atoms with van der Waals surface area (Å²) in [4.78, 5) is 19.1. The zero-order valence-electron chi connectivity index (χ0n) is 12.3. The summed E-state index contributed by atoms with van der Waals surface area (Å²) < 4.78 is 0. The highest BCUT2D eigenvalue weighted by Crippen LogP contribution is 2.17. The molecule has 0 aromatic heterocycles. The molecule has 1 amide bonds. The van der Waals surface area contributed by atoms with Crippen molar-refractivity contribution < 1.29 is 4.79 Å². The molecular weight excluding hydrogens is 240 g/mol. The summed E-state index contributed by atoms with van der Waals surface area (Å²) in [5.41, 5.74) is 5.84. The topological polar surface area (TPSA) is 52.8 Å². The van der Waals surface area contributed by atoms with E-state index in [1.807, 2.05) is 0 Å². The molecule has 0 bridgehead atoms. The lowest BCUT2D eigenvalue weighted by molar-refractivity contribution is -0.136. The third-order valence-corrected chi connectivity index (χ3v) is 4.54. The predicted octanol–water partition coefficient (Wildman–Crippen LogP) is -0.0379. The molecule has 0 saturated carbocycles. The number of amides is 1. The molecule has 19 heavy (non-hydrogen) atoms. The fourth-order valence-corrected chi connectivity index (χ4v) is 3.21. The number of piperidine rings is 1. The van der Waals surface area contributed by atoms with Gasteiger partial charge in [-0.1, -0.05) is 0 Å². The van der Waals surface area contributed by atoms with Gasteiger partial charge in [-0.25, -0.2) is 0 Å². The number of likely N-dealkylation sites (tertiary alicyclic amines) is 1. The van der Waals surface area contributed by atoms with Crippen LogP contribution in [0, 0.1) is 0 Å². The van der Waals surface area contributed by atoms with Crippen LogP contribution < -0.4 is 5.73 Å². The van der Waals surface area contributed by atoms with Crippen LogP contribution in [0.2, 0.25) is 0 Å². The fourth-order valence-electron chi connectivity index (χ4n) is 3.21. The van der Waals surface area contributed by atoms with Crippen LogP contribution in [0.3, 0.4) is 0 Å². The van der Waals surface area contributed by atoms with Gasteiger partial charge in [-0.2, -0.15) is 0 Å². The maximum absolute atomic E-state index is 12.4. The molecule has 5 nitrogen and oxygen atoms in total. The van der Waals surface area contributed by atoms with E-state index < -0.39 is 0 Å². The second-order valence-corrected chi connectivity index (χ2v) is 6.05. The lowest BCUT2D eigenvalue weighted by Gasteiger charge is -2.41. The van der Waals surface area contributed by atoms with E-state index in [1.54, 1.807) is 0 Å². The first-order valence-corrected chi connectivity index (χ1v) is 7.54. The Hall–Kier alpha value is -0.650. The summed E-state index contributed by atoms with van der Waals surface area (Å²) in [6, 6.07) is 0.729. The quantitative estimate of drug-likeness (QED) is 0.780. The van der Waals surface area contributed by atoms with Gasteiger partial charge in [0.2, 0.25) is 5.91 Å². The second-order valence-electron chi connectivity index (χ2n) is 6.05. The van der Waals surface area contributed by atoms with Gasteiger partial charge in [-0.15, -0.1) is 0 Å². The molecule has 0 aromatic rings. The van der Waals surface area contributed by atoms with Crippen LogP contribution in [0.1, 0.15) is 26.2 Å². The summed E-state index contributed by atoms with van der Waals surface area (Å²) >= 11 is 0. The Morgan fingerprint density at radius 1 is 1.26 bits per heavy atom. The molecule has 2 fully saturated rings. The number of hydrogen-bond donors (Lipinski definition) is 1.